The van der Waals surface area contributed by atoms with E-state index < -0.39 is 11.7 Å². The van der Waals surface area contributed by atoms with Gasteiger partial charge in [0.05, 0.1) is 5.56 Å². The minimum absolute atomic E-state index is 0.0814. The van der Waals surface area contributed by atoms with Crippen molar-refractivity contribution in [2.75, 3.05) is 0 Å². The van der Waals surface area contributed by atoms with Gasteiger partial charge in [-0.2, -0.15) is 13.2 Å². The van der Waals surface area contributed by atoms with E-state index in [-0.39, 0.29) is 17.9 Å². The van der Waals surface area contributed by atoms with Crippen LogP contribution in [0.3, 0.4) is 0 Å². The Morgan fingerprint density at radius 3 is 2.43 bits per heavy atom. The lowest BCUT2D eigenvalue weighted by atomic mass is 10.2. The first-order valence-corrected chi connectivity index (χ1v) is 6.43. The summed E-state index contributed by atoms with van der Waals surface area (Å²) in [6.07, 6.45) is -2.94. The zero-order chi connectivity index (χ0) is 15.9. The Morgan fingerprint density at radius 2 is 1.86 bits per heavy atom. The predicted molar refractivity (Wildman–Crippen MR) is 74.2 cm³/mol. The van der Waals surface area contributed by atoms with Gasteiger partial charge >= 0.3 is 6.18 Å². The van der Waals surface area contributed by atoms with Gasteiger partial charge in [0.2, 0.25) is 5.56 Å². The van der Waals surface area contributed by atoms with Crippen molar-refractivity contribution < 1.29 is 17.9 Å². The minimum atomic E-state index is -4.39. The molecule has 2 rings (SSSR count). The molecule has 0 aliphatic heterocycles. The summed E-state index contributed by atoms with van der Waals surface area (Å²) >= 11 is 0. The molecule has 0 saturated heterocycles. The number of ether oxygens (including phenoxy) is 1. The molecule has 0 saturated carbocycles. The van der Waals surface area contributed by atoms with Crippen molar-refractivity contribution in [3.63, 3.8) is 0 Å². The molecular formula is C15H16F3NO2. The molecule has 21 heavy (non-hydrogen) atoms. The third-order valence-electron chi connectivity index (χ3n) is 2.42. The second kappa shape index (κ2) is 7.52. The Morgan fingerprint density at radius 1 is 1.14 bits per heavy atom. The Labute approximate surface area is 120 Å². The highest BCUT2D eigenvalue weighted by Gasteiger charge is 2.30. The summed E-state index contributed by atoms with van der Waals surface area (Å²) in [7, 11) is 0. The van der Waals surface area contributed by atoms with Gasteiger partial charge in [0.1, 0.15) is 12.4 Å². The Kier molecular flexibility index (Phi) is 6.02. The standard InChI is InChI=1S/C13H10F3NO2.C2H6/c14-13(15,16)10-2-1-3-11(6-10)19-8-9-4-5-12(18)17-7-9;1-2/h1-7H,8H2,(H,17,18);1-2H3. The Hall–Kier alpha value is -2.24. The average molecular weight is 299 g/mol. The molecule has 6 heteroatoms. The number of hydrogen-bond donors (Lipinski definition) is 1. The molecule has 1 aromatic heterocycles. The molecule has 2 aromatic rings. The van der Waals surface area contributed by atoms with Crippen LogP contribution in [0.4, 0.5) is 13.2 Å². The van der Waals surface area contributed by atoms with Crippen LogP contribution in [0.25, 0.3) is 0 Å². The van der Waals surface area contributed by atoms with E-state index in [2.05, 4.69) is 4.98 Å². The van der Waals surface area contributed by atoms with Crippen molar-refractivity contribution in [1.82, 2.24) is 4.98 Å². The number of pyridine rings is 1. The van der Waals surface area contributed by atoms with Gasteiger partial charge in [0.25, 0.3) is 0 Å². The molecule has 0 aliphatic rings. The maximum atomic E-state index is 12.5. The summed E-state index contributed by atoms with van der Waals surface area (Å²) in [5.41, 5.74) is -0.341. The molecule has 0 amide bonds. The number of hydrogen-bond acceptors (Lipinski definition) is 2. The van der Waals surface area contributed by atoms with E-state index in [0.29, 0.717) is 5.56 Å². The third-order valence-corrected chi connectivity index (χ3v) is 2.42. The van der Waals surface area contributed by atoms with Crippen molar-refractivity contribution in [1.29, 1.82) is 0 Å². The van der Waals surface area contributed by atoms with Gasteiger partial charge < -0.3 is 9.72 Å². The second-order valence-electron chi connectivity index (χ2n) is 3.88. The molecule has 0 radical (unpaired) electrons. The second-order valence-corrected chi connectivity index (χ2v) is 3.88. The van der Waals surface area contributed by atoms with Crippen LogP contribution in [0.5, 0.6) is 5.75 Å². The van der Waals surface area contributed by atoms with Crippen LogP contribution in [0.1, 0.15) is 25.0 Å². The van der Waals surface area contributed by atoms with Crippen molar-refractivity contribution in [2.24, 2.45) is 0 Å². The fourth-order valence-electron chi connectivity index (χ4n) is 1.46. The van der Waals surface area contributed by atoms with E-state index in [4.69, 9.17) is 4.74 Å². The van der Waals surface area contributed by atoms with Crippen LogP contribution < -0.4 is 10.3 Å². The number of rotatable bonds is 3. The maximum absolute atomic E-state index is 12.5. The van der Waals surface area contributed by atoms with E-state index in [1.54, 1.807) is 6.07 Å². The van der Waals surface area contributed by atoms with Gasteiger partial charge in [-0.1, -0.05) is 19.9 Å². The summed E-state index contributed by atoms with van der Waals surface area (Å²) in [4.78, 5) is 13.3. The lowest BCUT2D eigenvalue weighted by Crippen LogP contribution is -2.06. The predicted octanol–water partition coefficient (Wildman–Crippen LogP) is 4.00. The Balaban J connectivity index is 0.00000106. The smallest absolute Gasteiger partial charge is 0.416 e. The molecular weight excluding hydrogens is 283 g/mol. The van der Waals surface area contributed by atoms with E-state index in [1.165, 1.54) is 24.4 Å². The molecule has 0 aliphatic carbocycles. The number of benzene rings is 1. The topological polar surface area (TPSA) is 42.1 Å². The van der Waals surface area contributed by atoms with Crippen LogP contribution in [0.15, 0.2) is 47.4 Å². The van der Waals surface area contributed by atoms with Crippen LogP contribution in [-0.2, 0) is 12.8 Å². The first kappa shape index (κ1) is 16.8. The van der Waals surface area contributed by atoms with Gasteiger partial charge in [-0.25, -0.2) is 0 Å². The fraction of sp³-hybridized carbons (Fsp3) is 0.267. The SMILES string of the molecule is CC.O=c1ccc(COc2cccc(C(F)(F)F)c2)c[nH]1. The molecule has 0 unspecified atom stereocenters. The number of nitrogens with one attached hydrogen (secondary N) is 1. The van der Waals surface area contributed by atoms with Gasteiger partial charge in [0.15, 0.2) is 0 Å². The molecule has 1 N–H and O–H groups in total. The molecule has 0 fully saturated rings. The monoisotopic (exact) mass is 299 g/mol. The number of aromatic nitrogens is 1. The van der Waals surface area contributed by atoms with E-state index >= 15 is 0 Å². The van der Waals surface area contributed by atoms with Crippen molar-refractivity contribution in [3.05, 3.63) is 64.1 Å². The largest absolute Gasteiger partial charge is 0.489 e. The third kappa shape index (κ3) is 5.33. The highest BCUT2D eigenvalue weighted by molar-refractivity contribution is 5.30. The lowest BCUT2D eigenvalue weighted by molar-refractivity contribution is -0.137. The summed E-state index contributed by atoms with van der Waals surface area (Å²) in [6, 6.07) is 7.52. The van der Waals surface area contributed by atoms with Crippen LogP contribution in [0, 0.1) is 0 Å². The van der Waals surface area contributed by atoms with E-state index in [1.807, 2.05) is 13.8 Å². The molecule has 0 spiro atoms. The first-order chi connectivity index (χ1) is 9.95. The van der Waals surface area contributed by atoms with Gasteiger partial charge in [0, 0.05) is 17.8 Å². The maximum Gasteiger partial charge on any atom is 0.416 e. The molecule has 0 atom stereocenters. The summed E-state index contributed by atoms with van der Waals surface area (Å²) in [5.74, 6) is 0.126. The van der Waals surface area contributed by atoms with Crippen molar-refractivity contribution >= 4 is 0 Å². The summed E-state index contributed by atoms with van der Waals surface area (Å²) < 4.78 is 42.7. The molecule has 3 nitrogen and oxygen atoms in total. The van der Waals surface area contributed by atoms with Crippen molar-refractivity contribution in [3.8, 4) is 5.75 Å². The quantitative estimate of drug-likeness (QED) is 0.930. The lowest BCUT2D eigenvalue weighted by Gasteiger charge is -2.10. The first-order valence-electron chi connectivity index (χ1n) is 6.43. The normalized spacial score (nSPS) is 10.5. The zero-order valence-corrected chi connectivity index (χ0v) is 11.7. The minimum Gasteiger partial charge on any atom is -0.489 e. The fourth-order valence-corrected chi connectivity index (χ4v) is 1.46. The van der Waals surface area contributed by atoms with E-state index in [0.717, 1.165) is 12.1 Å². The highest BCUT2D eigenvalue weighted by atomic mass is 19.4. The summed E-state index contributed by atoms with van der Waals surface area (Å²) in [6.45, 7) is 4.08. The molecule has 0 bridgehead atoms. The van der Waals surface area contributed by atoms with Crippen molar-refractivity contribution in [2.45, 2.75) is 26.6 Å². The van der Waals surface area contributed by atoms with Gasteiger partial charge in [-0.3, -0.25) is 4.79 Å². The summed E-state index contributed by atoms with van der Waals surface area (Å²) in [5, 5.41) is 0. The number of alkyl halides is 3. The van der Waals surface area contributed by atoms with Gasteiger partial charge in [-0.05, 0) is 24.3 Å². The number of H-pyrrole nitrogens is 1. The zero-order valence-electron chi connectivity index (χ0n) is 11.7. The molecule has 114 valence electrons. The number of halogens is 3. The van der Waals surface area contributed by atoms with Gasteiger partial charge in [-0.15, -0.1) is 0 Å². The average Bonchev–Trinajstić information content (AvgIpc) is 2.48. The molecule has 1 aromatic carbocycles. The highest BCUT2D eigenvalue weighted by Crippen LogP contribution is 2.31. The van der Waals surface area contributed by atoms with Crippen LogP contribution in [-0.4, -0.2) is 4.98 Å². The van der Waals surface area contributed by atoms with E-state index in [9.17, 15) is 18.0 Å². The van der Waals surface area contributed by atoms with Crippen LogP contribution >= 0.6 is 0 Å². The number of aromatic amines is 1. The molecule has 1 heterocycles. The van der Waals surface area contributed by atoms with Crippen LogP contribution in [0.2, 0.25) is 0 Å². The Bertz CT molecular complexity index is 600.